The molecule has 0 radical (unpaired) electrons. The maximum atomic E-state index is 11.6. The predicted molar refractivity (Wildman–Crippen MR) is 92.2 cm³/mol. The number of carbonyl (C=O) groups excluding carboxylic acids is 2. The van der Waals surface area contributed by atoms with E-state index in [0.29, 0.717) is 12.8 Å². The Morgan fingerprint density at radius 3 is 1.41 bits per heavy atom. The molecule has 0 aliphatic rings. The third-order valence-electron chi connectivity index (χ3n) is 2.68. The van der Waals surface area contributed by atoms with Crippen LogP contribution in [0.5, 0.6) is 0 Å². The lowest BCUT2D eigenvalue weighted by Gasteiger charge is -2.20. The average Bonchev–Trinajstić information content (AvgIpc) is 2.23. The van der Waals surface area contributed by atoms with E-state index in [-0.39, 0.29) is 17.2 Å². The zero-order valence-corrected chi connectivity index (χ0v) is 15.8. The van der Waals surface area contributed by atoms with Crippen molar-refractivity contribution in [2.45, 2.75) is 96.5 Å². The summed E-state index contributed by atoms with van der Waals surface area (Å²) in [4.78, 5) is 23.1. The van der Waals surface area contributed by atoms with E-state index in [4.69, 9.17) is 9.47 Å². The van der Waals surface area contributed by atoms with Crippen LogP contribution in [0.25, 0.3) is 0 Å². The standard InChI is InChI=1S/C17H32O4S/c1-16(2,3)20-14(18)11-7-9-13(22)10-8-12-15(19)21-17(4,5)6/h13,22H,7-12H2,1-6H3. The third kappa shape index (κ3) is 14.2. The van der Waals surface area contributed by atoms with Gasteiger partial charge in [-0.25, -0.2) is 0 Å². The van der Waals surface area contributed by atoms with Crippen molar-refractivity contribution in [3.63, 3.8) is 0 Å². The van der Waals surface area contributed by atoms with Gasteiger partial charge in [-0.3, -0.25) is 9.59 Å². The topological polar surface area (TPSA) is 52.6 Å². The van der Waals surface area contributed by atoms with Crippen LogP contribution >= 0.6 is 12.6 Å². The van der Waals surface area contributed by atoms with Crippen LogP contribution in [0.1, 0.15) is 80.1 Å². The summed E-state index contributed by atoms with van der Waals surface area (Å²) in [6.45, 7) is 11.2. The normalized spacial score (nSPS) is 12.4. The van der Waals surface area contributed by atoms with Gasteiger partial charge in [0.1, 0.15) is 11.2 Å². The zero-order chi connectivity index (χ0) is 17.4. The fourth-order valence-electron chi connectivity index (χ4n) is 1.89. The maximum Gasteiger partial charge on any atom is 0.306 e. The molecular weight excluding hydrogens is 300 g/mol. The quantitative estimate of drug-likeness (QED) is 0.531. The van der Waals surface area contributed by atoms with E-state index in [1.165, 1.54) is 0 Å². The SMILES string of the molecule is CC(C)(C)OC(=O)CCCC(S)CCCC(=O)OC(C)(C)C. The van der Waals surface area contributed by atoms with Crippen LogP contribution in [0.2, 0.25) is 0 Å². The first-order chi connectivity index (χ1) is 9.89. The predicted octanol–water partition coefficient (Wildman–Crippen LogP) is 4.31. The number of hydrogen-bond acceptors (Lipinski definition) is 5. The molecule has 0 N–H and O–H groups in total. The third-order valence-corrected chi connectivity index (χ3v) is 3.19. The van der Waals surface area contributed by atoms with Crippen LogP contribution < -0.4 is 0 Å². The average molecular weight is 333 g/mol. The van der Waals surface area contributed by atoms with Gasteiger partial charge in [-0.05, 0) is 67.2 Å². The summed E-state index contributed by atoms with van der Waals surface area (Å²) in [7, 11) is 0. The molecule has 0 bridgehead atoms. The highest BCUT2D eigenvalue weighted by Gasteiger charge is 2.17. The minimum Gasteiger partial charge on any atom is -0.460 e. The molecule has 130 valence electrons. The number of ether oxygens (including phenoxy) is 2. The lowest BCUT2D eigenvalue weighted by atomic mass is 10.1. The lowest BCUT2D eigenvalue weighted by molar-refractivity contribution is -0.156. The molecule has 0 saturated heterocycles. The molecule has 0 unspecified atom stereocenters. The number of rotatable bonds is 8. The van der Waals surface area contributed by atoms with Gasteiger partial charge in [-0.2, -0.15) is 12.6 Å². The van der Waals surface area contributed by atoms with E-state index in [9.17, 15) is 9.59 Å². The van der Waals surface area contributed by atoms with Crippen molar-refractivity contribution in [3.05, 3.63) is 0 Å². The van der Waals surface area contributed by atoms with Crippen LogP contribution in [-0.4, -0.2) is 28.4 Å². The number of thiol groups is 1. The molecule has 0 aliphatic carbocycles. The van der Waals surface area contributed by atoms with Crippen LogP contribution in [0, 0.1) is 0 Å². The van der Waals surface area contributed by atoms with Crippen molar-refractivity contribution >= 4 is 24.6 Å². The van der Waals surface area contributed by atoms with Gasteiger partial charge < -0.3 is 9.47 Å². The largest absolute Gasteiger partial charge is 0.460 e. The molecular formula is C17H32O4S. The molecule has 22 heavy (non-hydrogen) atoms. The smallest absolute Gasteiger partial charge is 0.306 e. The first kappa shape index (κ1) is 21.3. The van der Waals surface area contributed by atoms with Crippen LogP contribution in [0.3, 0.4) is 0 Å². The summed E-state index contributed by atoms with van der Waals surface area (Å²) in [6, 6.07) is 0. The van der Waals surface area contributed by atoms with Gasteiger partial charge in [-0.1, -0.05) is 0 Å². The Morgan fingerprint density at radius 2 is 1.14 bits per heavy atom. The number of esters is 2. The summed E-state index contributed by atoms with van der Waals surface area (Å²) < 4.78 is 10.5. The molecule has 0 aromatic rings. The minimum absolute atomic E-state index is 0.165. The molecule has 0 fully saturated rings. The van der Waals surface area contributed by atoms with Crippen LogP contribution in [0.4, 0.5) is 0 Å². The van der Waals surface area contributed by atoms with E-state index < -0.39 is 11.2 Å². The molecule has 0 spiro atoms. The van der Waals surface area contributed by atoms with Crippen LogP contribution in [-0.2, 0) is 19.1 Å². The van der Waals surface area contributed by atoms with Gasteiger partial charge in [0, 0.05) is 18.1 Å². The Hall–Kier alpha value is -0.710. The molecule has 0 heterocycles. The summed E-state index contributed by atoms with van der Waals surface area (Å²) in [5.41, 5.74) is -0.851. The molecule has 0 aromatic carbocycles. The Morgan fingerprint density at radius 1 is 0.818 bits per heavy atom. The van der Waals surface area contributed by atoms with Crippen molar-refractivity contribution in [1.82, 2.24) is 0 Å². The van der Waals surface area contributed by atoms with E-state index in [1.54, 1.807) is 0 Å². The highest BCUT2D eigenvalue weighted by atomic mass is 32.1. The Bertz CT molecular complexity index is 319. The molecule has 0 rings (SSSR count). The lowest BCUT2D eigenvalue weighted by Crippen LogP contribution is -2.24. The highest BCUT2D eigenvalue weighted by molar-refractivity contribution is 7.80. The monoisotopic (exact) mass is 332 g/mol. The first-order valence-electron chi connectivity index (χ1n) is 8.01. The molecule has 0 aliphatic heterocycles. The van der Waals surface area contributed by atoms with Crippen molar-refractivity contribution in [2.24, 2.45) is 0 Å². The second-order valence-corrected chi connectivity index (χ2v) is 8.34. The molecule has 5 heteroatoms. The fraction of sp³-hybridized carbons (Fsp3) is 0.882. The summed E-state index contributed by atoms with van der Waals surface area (Å²) >= 11 is 4.50. The highest BCUT2D eigenvalue weighted by Crippen LogP contribution is 2.17. The van der Waals surface area contributed by atoms with Crippen molar-refractivity contribution in [2.75, 3.05) is 0 Å². The second kappa shape index (κ2) is 9.43. The van der Waals surface area contributed by atoms with E-state index in [2.05, 4.69) is 12.6 Å². The van der Waals surface area contributed by atoms with Gasteiger partial charge in [0.15, 0.2) is 0 Å². The minimum atomic E-state index is -0.426. The van der Waals surface area contributed by atoms with Gasteiger partial charge >= 0.3 is 11.9 Å². The van der Waals surface area contributed by atoms with Crippen molar-refractivity contribution < 1.29 is 19.1 Å². The van der Waals surface area contributed by atoms with E-state index in [0.717, 1.165) is 25.7 Å². The first-order valence-corrected chi connectivity index (χ1v) is 8.52. The number of carbonyl (C=O) groups is 2. The molecule has 0 amide bonds. The number of hydrogen-bond donors (Lipinski definition) is 1. The van der Waals surface area contributed by atoms with Crippen LogP contribution in [0.15, 0.2) is 0 Å². The summed E-state index contributed by atoms with van der Waals surface area (Å²) in [6.07, 6.45) is 4.04. The molecule has 0 aromatic heterocycles. The van der Waals surface area contributed by atoms with E-state index >= 15 is 0 Å². The van der Waals surface area contributed by atoms with Gasteiger partial charge in [0.25, 0.3) is 0 Å². The molecule has 0 atom stereocenters. The van der Waals surface area contributed by atoms with Crippen molar-refractivity contribution in [1.29, 1.82) is 0 Å². The molecule has 4 nitrogen and oxygen atoms in total. The Kier molecular flexibility index (Phi) is 9.13. The summed E-state index contributed by atoms with van der Waals surface area (Å²) in [5.74, 6) is -0.330. The fourth-order valence-corrected chi connectivity index (χ4v) is 2.26. The van der Waals surface area contributed by atoms with Crippen molar-refractivity contribution in [3.8, 4) is 0 Å². The van der Waals surface area contributed by atoms with E-state index in [1.807, 2.05) is 41.5 Å². The van der Waals surface area contributed by atoms with Gasteiger partial charge in [0.2, 0.25) is 0 Å². The van der Waals surface area contributed by atoms with Gasteiger partial charge in [0.05, 0.1) is 0 Å². The maximum absolute atomic E-state index is 11.6. The Labute approximate surface area is 140 Å². The molecule has 0 saturated carbocycles. The Balaban J connectivity index is 3.73. The zero-order valence-electron chi connectivity index (χ0n) is 14.9. The van der Waals surface area contributed by atoms with Gasteiger partial charge in [-0.15, -0.1) is 0 Å². The second-order valence-electron chi connectivity index (χ2n) is 7.61. The summed E-state index contributed by atoms with van der Waals surface area (Å²) in [5, 5.41) is 0.199.